The molecule has 3 rings (SSSR count). The van der Waals surface area contributed by atoms with Gasteiger partial charge in [0.15, 0.2) is 0 Å². The molecule has 28 heavy (non-hydrogen) atoms. The molecule has 2 aromatic carbocycles. The number of fused-ring (bicyclic) bond motifs is 1. The molecule has 0 saturated carbocycles. The summed E-state index contributed by atoms with van der Waals surface area (Å²) in [4.78, 5) is 15.2. The molecule has 1 heterocycles. The molecule has 4 heteroatoms. The topological polar surface area (TPSA) is 41.6 Å². The van der Waals surface area contributed by atoms with E-state index in [-0.39, 0.29) is 5.91 Å². The highest BCUT2D eigenvalue weighted by molar-refractivity contribution is 5.96. The Labute approximate surface area is 168 Å². The van der Waals surface area contributed by atoms with Gasteiger partial charge in [-0.1, -0.05) is 32.0 Å². The molecule has 150 valence electrons. The number of nitrogens with zero attached hydrogens (tertiary/aromatic N) is 1. The third-order valence-electron chi connectivity index (χ3n) is 5.65. The van der Waals surface area contributed by atoms with Crippen LogP contribution >= 0.6 is 0 Å². The molecule has 0 bridgehead atoms. The molecule has 4 nitrogen and oxygen atoms in total. The summed E-state index contributed by atoms with van der Waals surface area (Å²) in [5, 5.41) is 3.10. The summed E-state index contributed by atoms with van der Waals surface area (Å²) in [7, 11) is 1.68. The second-order valence-electron chi connectivity index (χ2n) is 8.05. The molecule has 1 aliphatic heterocycles. The van der Waals surface area contributed by atoms with E-state index >= 15 is 0 Å². The van der Waals surface area contributed by atoms with Gasteiger partial charge in [-0.3, -0.25) is 4.79 Å². The molecule has 2 aromatic rings. The Morgan fingerprint density at radius 2 is 2.04 bits per heavy atom. The van der Waals surface area contributed by atoms with E-state index in [4.69, 9.17) is 4.74 Å². The predicted molar refractivity (Wildman–Crippen MR) is 116 cm³/mol. The molecule has 0 unspecified atom stereocenters. The van der Waals surface area contributed by atoms with Crippen molar-refractivity contribution in [2.24, 2.45) is 0 Å². The average Bonchev–Trinajstić information content (AvgIpc) is 2.99. The minimum absolute atomic E-state index is 0.00285. The molecule has 1 aliphatic rings. The number of benzene rings is 2. The molecule has 1 atom stereocenters. The Morgan fingerprint density at radius 1 is 1.29 bits per heavy atom. The molecule has 0 aliphatic carbocycles. The van der Waals surface area contributed by atoms with E-state index in [1.807, 2.05) is 19.1 Å². The van der Waals surface area contributed by atoms with Crippen LogP contribution in [0, 0.1) is 6.92 Å². The monoisotopic (exact) mass is 380 g/mol. The number of hydrogen-bond acceptors (Lipinski definition) is 3. The highest BCUT2D eigenvalue weighted by Crippen LogP contribution is 2.32. The van der Waals surface area contributed by atoms with Crippen LogP contribution in [0.15, 0.2) is 36.4 Å². The van der Waals surface area contributed by atoms with Crippen LogP contribution in [-0.4, -0.2) is 32.1 Å². The Kier molecular flexibility index (Phi) is 6.28. The van der Waals surface area contributed by atoms with Crippen molar-refractivity contribution in [3.05, 3.63) is 58.7 Å². The zero-order valence-corrected chi connectivity index (χ0v) is 17.7. The van der Waals surface area contributed by atoms with Crippen LogP contribution in [0.5, 0.6) is 5.75 Å². The molecular weight excluding hydrogens is 348 g/mol. The van der Waals surface area contributed by atoms with Gasteiger partial charge in [-0.2, -0.15) is 0 Å². The minimum atomic E-state index is -0.00285. The van der Waals surface area contributed by atoms with Gasteiger partial charge >= 0.3 is 0 Å². The van der Waals surface area contributed by atoms with Crippen molar-refractivity contribution >= 4 is 11.6 Å². The van der Waals surface area contributed by atoms with Crippen molar-refractivity contribution < 1.29 is 9.53 Å². The van der Waals surface area contributed by atoms with Crippen molar-refractivity contribution in [3.63, 3.8) is 0 Å². The van der Waals surface area contributed by atoms with E-state index in [2.05, 4.69) is 55.3 Å². The zero-order valence-electron chi connectivity index (χ0n) is 17.7. The first-order valence-corrected chi connectivity index (χ1v) is 10.2. The summed E-state index contributed by atoms with van der Waals surface area (Å²) < 4.78 is 5.48. The summed E-state index contributed by atoms with van der Waals surface area (Å²) in [6, 6.07) is 13.1. The van der Waals surface area contributed by atoms with Crippen molar-refractivity contribution in [2.75, 3.05) is 25.1 Å². The Morgan fingerprint density at radius 3 is 2.75 bits per heavy atom. The van der Waals surface area contributed by atoms with Crippen molar-refractivity contribution in [1.82, 2.24) is 5.32 Å². The molecule has 0 radical (unpaired) electrons. The van der Waals surface area contributed by atoms with Crippen LogP contribution in [0.2, 0.25) is 0 Å². The van der Waals surface area contributed by atoms with Gasteiger partial charge in [0.05, 0.1) is 7.11 Å². The quantitative estimate of drug-likeness (QED) is 0.708. The number of rotatable bonds is 7. The lowest BCUT2D eigenvalue weighted by atomic mass is 9.96. The van der Waals surface area contributed by atoms with E-state index in [0.717, 1.165) is 41.8 Å². The summed E-state index contributed by atoms with van der Waals surface area (Å²) in [5.41, 5.74) is 5.52. The minimum Gasteiger partial charge on any atom is -0.496 e. The fraction of sp³-hybridized carbons (Fsp3) is 0.458. The molecular formula is C24H32N2O2. The summed E-state index contributed by atoms with van der Waals surface area (Å²) in [6.45, 7) is 10.1. The second kappa shape index (κ2) is 8.68. The number of aryl methyl sites for hydroxylation is 1. The highest BCUT2D eigenvalue weighted by Gasteiger charge is 2.24. The third kappa shape index (κ3) is 4.16. The fourth-order valence-corrected chi connectivity index (χ4v) is 4.09. The average molecular weight is 381 g/mol. The molecule has 1 N–H and O–H groups in total. The largest absolute Gasteiger partial charge is 0.496 e. The SMILES string of the molecule is COc1cc(C)c(C(=O)NCCCN2c3ccccc3C[C@H]2C)cc1C(C)C. The van der Waals surface area contributed by atoms with E-state index in [1.54, 1.807) is 7.11 Å². The van der Waals surface area contributed by atoms with E-state index in [0.29, 0.717) is 18.5 Å². The summed E-state index contributed by atoms with van der Waals surface area (Å²) in [5.74, 6) is 1.15. The van der Waals surface area contributed by atoms with Gasteiger partial charge in [-0.25, -0.2) is 0 Å². The van der Waals surface area contributed by atoms with Gasteiger partial charge in [0.2, 0.25) is 0 Å². The maximum Gasteiger partial charge on any atom is 0.251 e. The Hall–Kier alpha value is -2.49. The number of amides is 1. The fourth-order valence-electron chi connectivity index (χ4n) is 4.09. The lowest BCUT2D eigenvalue weighted by Crippen LogP contribution is -2.33. The summed E-state index contributed by atoms with van der Waals surface area (Å²) in [6.07, 6.45) is 2.03. The third-order valence-corrected chi connectivity index (χ3v) is 5.65. The van der Waals surface area contributed by atoms with Crippen LogP contribution < -0.4 is 15.0 Å². The number of carbonyl (C=O) groups is 1. The van der Waals surface area contributed by atoms with Crippen LogP contribution in [-0.2, 0) is 6.42 Å². The molecule has 0 spiro atoms. The zero-order chi connectivity index (χ0) is 20.3. The second-order valence-corrected chi connectivity index (χ2v) is 8.05. The normalized spacial score (nSPS) is 15.6. The highest BCUT2D eigenvalue weighted by atomic mass is 16.5. The number of hydrogen-bond donors (Lipinski definition) is 1. The van der Waals surface area contributed by atoms with Crippen LogP contribution in [0.25, 0.3) is 0 Å². The van der Waals surface area contributed by atoms with Gasteiger partial charge in [0, 0.05) is 30.4 Å². The number of carbonyl (C=O) groups excluding carboxylic acids is 1. The van der Waals surface area contributed by atoms with Crippen LogP contribution in [0.1, 0.15) is 60.2 Å². The van der Waals surface area contributed by atoms with Gasteiger partial charge in [0.25, 0.3) is 5.91 Å². The van der Waals surface area contributed by atoms with Crippen molar-refractivity contribution in [3.8, 4) is 5.75 Å². The lowest BCUT2D eigenvalue weighted by molar-refractivity contribution is 0.0952. The Balaban J connectivity index is 1.59. The van der Waals surface area contributed by atoms with E-state index in [1.165, 1.54) is 11.3 Å². The smallest absolute Gasteiger partial charge is 0.251 e. The van der Waals surface area contributed by atoms with Gasteiger partial charge in [0.1, 0.15) is 5.75 Å². The van der Waals surface area contributed by atoms with E-state index < -0.39 is 0 Å². The number of anilines is 1. The van der Waals surface area contributed by atoms with Crippen molar-refractivity contribution in [2.45, 2.75) is 52.5 Å². The van der Waals surface area contributed by atoms with Crippen molar-refractivity contribution in [1.29, 1.82) is 0 Å². The lowest BCUT2D eigenvalue weighted by Gasteiger charge is -2.25. The van der Waals surface area contributed by atoms with E-state index in [9.17, 15) is 4.79 Å². The standard InChI is InChI=1S/C24H32N2O2/c1-16(2)20-15-21(17(3)13-23(20)28-5)24(27)25-11-8-12-26-18(4)14-19-9-6-7-10-22(19)26/h6-7,9-10,13,15-16,18H,8,11-12,14H2,1-5H3,(H,25,27)/t18-/m1/s1. The maximum absolute atomic E-state index is 12.7. The van der Waals surface area contributed by atoms with Gasteiger partial charge in [-0.05, 0) is 67.5 Å². The summed E-state index contributed by atoms with van der Waals surface area (Å²) >= 11 is 0. The first-order chi connectivity index (χ1) is 13.4. The van der Waals surface area contributed by atoms with Gasteiger partial charge < -0.3 is 15.0 Å². The molecule has 1 amide bonds. The molecule has 0 aromatic heterocycles. The van der Waals surface area contributed by atoms with Gasteiger partial charge in [-0.15, -0.1) is 0 Å². The number of ether oxygens (including phenoxy) is 1. The molecule has 0 saturated heterocycles. The Bertz CT molecular complexity index is 844. The predicted octanol–water partition coefficient (Wildman–Crippen LogP) is 4.70. The first-order valence-electron chi connectivity index (χ1n) is 10.2. The number of para-hydroxylation sites is 1. The number of nitrogens with one attached hydrogen (secondary N) is 1. The van der Waals surface area contributed by atoms with Crippen LogP contribution in [0.4, 0.5) is 5.69 Å². The first kappa shape index (κ1) is 20.2. The number of methoxy groups -OCH3 is 1. The van der Waals surface area contributed by atoms with Crippen LogP contribution in [0.3, 0.4) is 0 Å². The maximum atomic E-state index is 12.7. The molecule has 0 fully saturated rings.